The first-order chi connectivity index (χ1) is 12.9. The van der Waals surface area contributed by atoms with Gasteiger partial charge in [-0.1, -0.05) is 52.2 Å². The van der Waals surface area contributed by atoms with Crippen molar-refractivity contribution in [3.8, 4) is 0 Å². The van der Waals surface area contributed by atoms with Gasteiger partial charge in [0.15, 0.2) is 4.80 Å². The van der Waals surface area contributed by atoms with E-state index in [4.69, 9.17) is 27.9 Å². The van der Waals surface area contributed by atoms with Crippen LogP contribution in [0.2, 0.25) is 10.0 Å². The van der Waals surface area contributed by atoms with E-state index in [2.05, 4.69) is 4.99 Å². The number of hydrogen-bond donors (Lipinski definition) is 0. The number of rotatable bonds is 4. The summed E-state index contributed by atoms with van der Waals surface area (Å²) in [5.41, 5.74) is 1.99. The van der Waals surface area contributed by atoms with Crippen molar-refractivity contribution >= 4 is 56.6 Å². The predicted octanol–water partition coefficient (Wildman–Crippen LogP) is 4.62. The van der Waals surface area contributed by atoms with Gasteiger partial charge in [-0.2, -0.15) is 4.99 Å². The van der Waals surface area contributed by atoms with E-state index in [1.807, 2.05) is 13.0 Å². The van der Waals surface area contributed by atoms with Crippen molar-refractivity contribution in [1.82, 2.24) is 4.57 Å². The SMILES string of the molecule is CCOC(=O)Cn1c(=NC(=O)c2cccc(C)c2)sc2ccc(Cl)c(Cl)c21. The summed E-state index contributed by atoms with van der Waals surface area (Å²) in [6.45, 7) is 3.77. The summed E-state index contributed by atoms with van der Waals surface area (Å²) in [4.78, 5) is 29.3. The molecule has 0 atom stereocenters. The third-order valence-corrected chi connectivity index (χ3v) is 5.63. The molecule has 3 aromatic rings. The van der Waals surface area contributed by atoms with Crippen LogP contribution in [-0.2, 0) is 16.1 Å². The van der Waals surface area contributed by atoms with Crippen molar-refractivity contribution < 1.29 is 14.3 Å². The highest BCUT2D eigenvalue weighted by Gasteiger charge is 2.16. The van der Waals surface area contributed by atoms with Crippen molar-refractivity contribution in [3.63, 3.8) is 0 Å². The zero-order valence-electron chi connectivity index (χ0n) is 14.7. The molecule has 2 aromatic carbocycles. The summed E-state index contributed by atoms with van der Waals surface area (Å²) in [5.74, 6) is -0.845. The van der Waals surface area contributed by atoms with Crippen molar-refractivity contribution in [2.45, 2.75) is 20.4 Å². The summed E-state index contributed by atoms with van der Waals surface area (Å²) in [6.07, 6.45) is 0. The van der Waals surface area contributed by atoms with Gasteiger partial charge in [-0.3, -0.25) is 9.59 Å². The summed E-state index contributed by atoms with van der Waals surface area (Å²) >= 11 is 13.7. The molecule has 0 unspecified atom stereocenters. The number of nitrogens with zero attached hydrogens (tertiary/aromatic N) is 2. The van der Waals surface area contributed by atoms with Crippen LogP contribution in [0.15, 0.2) is 41.4 Å². The van der Waals surface area contributed by atoms with Gasteiger partial charge in [0.25, 0.3) is 5.91 Å². The van der Waals surface area contributed by atoms with Crippen LogP contribution in [0, 0.1) is 6.92 Å². The maximum absolute atomic E-state index is 12.6. The van der Waals surface area contributed by atoms with Crippen molar-refractivity contribution in [3.05, 3.63) is 62.4 Å². The van der Waals surface area contributed by atoms with E-state index in [1.165, 1.54) is 11.3 Å². The number of esters is 1. The molecule has 27 heavy (non-hydrogen) atoms. The number of benzene rings is 2. The van der Waals surface area contributed by atoms with Gasteiger partial charge in [0.2, 0.25) is 0 Å². The van der Waals surface area contributed by atoms with E-state index < -0.39 is 11.9 Å². The second-order valence-electron chi connectivity index (χ2n) is 5.77. The first-order valence-corrected chi connectivity index (χ1v) is 9.76. The number of fused-ring (bicyclic) bond motifs is 1. The number of aromatic nitrogens is 1. The minimum Gasteiger partial charge on any atom is -0.465 e. The van der Waals surface area contributed by atoms with Gasteiger partial charge in [0.05, 0.1) is 26.9 Å². The fourth-order valence-electron chi connectivity index (χ4n) is 2.60. The molecule has 0 N–H and O–H groups in total. The highest BCUT2D eigenvalue weighted by molar-refractivity contribution is 7.16. The highest BCUT2D eigenvalue weighted by Crippen LogP contribution is 2.32. The number of carbonyl (C=O) groups is 2. The topological polar surface area (TPSA) is 60.7 Å². The molecule has 140 valence electrons. The molecule has 1 amide bonds. The van der Waals surface area contributed by atoms with E-state index in [1.54, 1.807) is 41.8 Å². The first kappa shape index (κ1) is 19.6. The third-order valence-electron chi connectivity index (χ3n) is 3.79. The molecule has 5 nitrogen and oxygen atoms in total. The Kier molecular flexibility index (Phi) is 5.99. The highest BCUT2D eigenvalue weighted by atomic mass is 35.5. The summed E-state index contributed by atoms with van der Waals surface area (Å²) in [5, 5.41) is 0.662. The summed E-state index contributed by atoms with van der Waals surface area (Å²) in [7, 11) is 0. The average molecular weight is 423 g/mol. The van der Waals surface area contributed by atoms with E-state index >= 15 is 0 Å². The lowest BCUT2D eigenvalue weighted by Crippen LogP contribution is -2.23. The molecule has 0 aliphatic carbocycles. The number of ether oxygens (including phenoxy) is 1. The Balaban J connectivity index is 2.17. The lowest BCUT2D eigenvalue weighted by molar-refractivity contribution is -0.143. The maximum atomic E-state index is 12.6. The van der Waals surface area contributed by atoms with E-state index in [9.17, 15) is 9.59 Å². The van der Waals surface area contributed by atoms with E-state index in [-0.39, 0.29) is 13.2 Å². The molecule has 0 spiro atoms. The van der Waals surface area contributed by atoms with Crippen LogP contribution < -0.4 is 4.80 Å². The molecule has 0 aliphatic rings. The Morgan fingerprint density at radius 3 is 2.70 bits per heavy atom. The maximum Gasteiger partial charge on any atom is 0.326 e. The minimum atomic E-state index is -0.447. The van der Waals surface area contributed by atoms with E-state index in [0.29, 0.717) is 25.9 Å². The van der Waals surface area contributed by atoms with Crippen LogP contribution in [-0.4, -0.2) is 23.1 Å². The fourth-order valence-corrected chi connectivity index (χ4v) is 4.11. The molecule has 1 aromatic heterocycles. The molecule has 1 heterocycles. The molecule has 0 bridgehead atoms. The molecule has 0 aliphatic heterocycles. The molecular formula is C19H16Cl2N2O3S. The molecular weight excluding hydrogens is 407 g/mol. The van der Waals surface area contributed by atoms with Gasteiger partial charge in [-0.15, -0.1) is 0 Å². The normalized spacial score (nSPS) is 11.8. The largest absolute Gasteiger partial charge is 0.465 e. The number of carbonyl (C=O) groups excluding carboxylic acids is 2. The Morgan fingerprint density at radius 1 is 1.22 bits per heavy atom. The average Bonchev–Trinajstić information content (AvgIpc) is 2.96. The number of hydrogen-bond acceptors (Lipinski definition) is 4. The Labute approximate surface area is 169 Å². The van der Waals surface area contributed by atoms with Gasteiger partial charge < -0.3 is 9.30 Å². The summed E-state index contributed by atoms with van der Waals surface area (Å²) in [6, 6.07) is 10.6. The monoisotopic (exact) mass is 422 g/mol. The van der Waals surface area contributed by atoms with Crippen LogP contribution in [0.25, 0.3) is 10.2 Å². The third kappa shape index (κ3) is 4.24. The Hall–Kier alpha value is -2.15. The van der Waals surface area contributed by atoms with Gasteiger partial charge >= 0.3 is 5.97 Å². The number of aryl methyl sites for hydroxylation is 1. The van der Waals surface area contributed by atoms with Crippen LogP contribution >= 0.6 is 34.5 Å². The first-order valence-electron chi connectivity index (χ1n) is 8.19. The van der Waals surface area contributed by atoms with Gasteiger partial charge in [0.1, 0.15) is 6.54 Å². The standard InChI is InChI=1S/C19H16Cl2N2O3S/c1-3-26-15(24)10-23-17-14(8-7-13(20)16(17)21)27-19(23)22-18(25)12-6-4-5-11(2)9-12/h4-9H,3,10H2,1-2H3. The molecule has 0 saturated heterocycles. The van der Waals surface area contributed by atoms with Crippen molar-refractivity contribution in [2.75, 3.05) is 6.61 Å². The molecule has 3 rings (SSSR count). The lowest BCUT2D eigenvalue weighted by Gasteiger charge is -2.07. The smallest absolute Gasteiger partial charge is 0.326 e. The quantitative estimate of drug-likeness (QED) is 0.576. The minimum absolute atomic E-state index is 0.117. The van der Waals surface area contributed by atoms with Crippen molar-refractivity contribution in [1.29, 1.82) is 0 Å². The number of halogens is 2. The van der Waals surface area contributed by atoms with Crippen LogP contribution in [0.5, 0.6) is 0 Å². The van der Waals surface area contributed by atoms with Gasteiger partial charge in [-0.25, -0.2) is 0 Å². The molecule has 0 radical (unpaired) electrons. The zero-order valence-corrected chi connectivity index (χ0v) is 17.0. The number of thiazole rings is 1. The Morgan fingerprint density at radius 2 is 2.00 bits per heavy atom. The van der Waals surface area contributed by atoms with E-state index in [0.717, 1.165) is 10.3 Å². The molecule has 8 heteroatoms. The van der Waals surface area contributed by atoms with Gasteiger partial charge in [-0.05, 0) is 38.1 Å². The lowest BCUT2D eigenvalue weighted by atomic mass is 10.1. The second-order valence-corrected chi connectivity index (χ2v) is 7.56. The van der Waals surface area contributed by atoms with Crippen LogP contribution in [0.4, 0.5) is 0 Å². The van der Waals surface area contributed by atoms with Crippen LogP contribution in [0.1, 0.15) is 22.8 Å². The fraction of sp³-hybridized carbons (Fsp3) is 0.211. The number of amides is 1. The molecule has 0 saturated carbocycles. The predicted molar refractivity (Wildman–Crippen MR) is 108 cm³/mol. The zero-order chi connectivity index (χ0) is 19.6. The van der Waals surface area contributed by atoms with Crippen LogP contribution in [0.3, 0.4) is 0 Å². The second kappa shape index (κ2) is 8.25. The Bertz CT molecular complexity index is 1100. The summed E-state index contributed by atoms with van der Waals surface area (Å²) < 4.78 is 7.37. The molecule has 0 fully saturated rings. The van der Waals surface area contributed by atoms with Gasteiger partial charge in [0, 0.05) is 5.56 Å². The van der Waals surface area contributed by atoms with Crippen molar-refractivity contribution in [2.24, 2.45) is 4.99 Å².